The predicted octanol–water partition coefficient (Wildman–Crippen LogP) is 6.27. The first-order valence-corrected chi connectivity index (χ1v) is 12.0. The lowest BCUT2D eigenvalue weighted by molar-refractivity contribution is 0.0954. The van der Waals surface area contributed by atoms with Crippen molar-refractivity contribution in [2.24, 2.45) is 5.10 Å². The monoisotopic (exact) mass is 486 g/mol. The van der Waals surface area contributed by atoms with Gasteiger partial charge in [0.05, 0.1) is 12.0 Å². The molecule has 0 spiro atoms. The van der Waals surface area contributed by atoms with Crippen LogP contribution in [0.5, 0.6) is 5.75 Å². The first-order valence-electron chi connectivity index (χ1n) is 12.0. The van der Waals surface area contributed by atoms with Gasteiger partial charge in [0.15, 0.2) is 0 Å². The zero-order chi connectivity index (χ0) is 25.5. The van der Waals surface area contributed by atoms with Gasteiger partial charge in [0.2, 0.25) is 0 Å². The van der Waals surface area contributed by atoms with E-state index in [1.54, 1.807) is 24.7 Å². The van der Waals surface area contributed by atoms with Gasteiger partial charge in [-0.1, -0.05) is 72.8 Å². The van der Waals surface area contributed by atoms with Gasteiger partial charge in [-0.05, 0) is 53.9 Å². The van der Waals surface area contributed by atoms with Crippen molar-refractivity contribution in [2.75, 3.05) is 0 Å². The Morgan fingerprint density at radius 3 is 2.30 bits per heavy atom. The van der Waals surface area contributed by atoms with Crippen LogP contribution in [0, 0.1) is 0 Å². The highest BCUT2D eigenvalue weighted by Crippen LogP contribution is 2.30. The number of rotatable bonds is 8. The quantitative estimate of drug-likeness (QED) is 0.208. The normalized spacial score (nSPS) is 11.2. The highest BCUT2D eigenvalue weighted by molar-refractivity contribution is 6.01. The molecule has 5 rings (SSSR count). The third-order valence-corrected chi connectivity index (χ3v) is 6.00. The molecule has 0 unspecified atom stereocenters. The third-order valence-electron chi connectivity index (χ3n) is 6.00. The van der Waals surface area contributed by atoms with Gasteiger partial charge >= 0.3 is 0 Å². The highest BCUT2D eigenvalue weighted by atomic mass is 16.5. The maximum atomic E-state index is 12.6. The molecule has 0 aliphatic carbocycles. The Bertz CT molecular complexity index is 1490. The van der Waals surface area contributed by atoms with E-state index in [1.807, 2.05) is 90.5 Å². The summed E-state index contributed by atoms with van der Waals surface area (Å²) in [4.78, 5) is 16.7. The van der Waals surface area contributed by atoms with Gasteiger partial charge in [-0.15, -0.1) is 0 Å². The Kier molecular flexibility index (Phi) is 7.18. The summed E-state index contributed by atoms with van der Waals surface area (Å²) in [6, 6.07) is 33.4. The van der Waals surface area contributed by atoms with Crippen molar-refractivity contribution in [1.29, 1.82) is 0 Å². The van der Waals surface area contributed by atoms with Crippen molar-refractivity contribution in [3.8, 4) is 22.6 Å². The topological polar surface area (TPSA) is 68.5 Å². The van der Waals surface area contributed by atoms with Crippen LogP contribution in [0.25, 0.3) is 16.8 Å². The Morgan fingerprint density at radius 2 is 1.57 bits per heavy atom. The van der Waals surface area contributed by atoms with Gasteiger partial charge in [0, 0.05) is 29.2 Å². The maximum Gasteiger partial charge on any atom is 0.271 e. The van der Waals surface area contributed by atoms with E-state index in [0.29, 0.717) is 17.9 Å². The average molecular weight is 487 g/mol. The molecule has 1 amide bonds. The van der Waals surface area contributed by atoms with E-state index in [1.165, 1.54) is 0 Å². The fraction of sp³-hybridized carbons (Fsp3) is 0.0645. The van der Waals surface area contributed by atoms with Crippen LogP contribution >= 0.6 is 0 Å². The summed E-state index contributed by atoms with van der Waals surface area (Å²) in [6.07, 6.45) is 5.37. The number of hydrogen-bond acceptors (Lipinski definition) is 4. The minimum atomic E-state index is -0.267. The Hall–Kier alpha value is -4.97. The number of hydrogen-bond donors (Lipinski definition) is 1. The molecule has 0 aliphatic rings. The van der Waals surface area contributed by atoms with Crippen LogP contribution in [-0.2, 0) is 6.61 Å². The number of carbonyl (C=O) groups excluding carboxylic acids is 1. The number of ether oxygens (including phenoxy) is 1. The number of nitrogens with zero attached hydrogens (tertiary/aromatic N) is 3. The molecule has 0 aliphatic heterocycles. The van der Waals surface area contributed by atoms with E-state index in [9.17, 15) is 4.79 Å². The summed E-state index contributed by atoms with van der Waals surface area (Å²) >= 11 is 0. The van der Waals surface area contributed by atoms with E-state index >= 15 is 0 Å². The molecule has 0 saturated heterocycles. The van der Waals surface area contributed by atoms with Crippen LogP contribution in [0.4, 0.5) is 0 Å². The highest BCUT2D eigenvalue weighted by Gasteiger charge is 2.08. The molecule has 182 valence electrons. The first-order chi connectivity index (χ1) is 18.2. The largest absolute Gasteiger partial charge is 0.488 e. The van der Waals surface area contributed by atoms with Crippen molar-refractivity contribution in [2.45, 2.75) is 13.5 Å². The number of hydrazone groups is 1. The Balaban J connectivity index is 1.19. The van der Waals surface area contributed by atoms with Crippen molar-refractivity contribution in [1.82, 2.24) is 15.0 Å². The van der Waals surface area contributed by atoms with Gasteiger partial charge in [0.1, 0.15) is 12.4 Å². The van der Waals surface area contributed by atoms with Gasteiger partial charge in [0.25, 0.3) is 5.91 Å². The third kappa shape index (κ3) is 5.82. The molecule has 1 heterocycles. The summed E-state index contributed by atoms with van der Waals surface area (Å²) in [5, 5.41) is 4.27. The molecular formula is C31H26N4O2. The van der Waals surface area contributed by atoms with Crippen LogP contribution in [-0.4, -0.2) is 21.2 Å². The van der Waals surface area contributed by atoms with Crippen LogP contribution < -0.4 is 10.2 Å². The predicted molar refractivity (Wildman–Crippen MR) is 146 cm³/mol. The lowest BCUT2D eigenvalue weighted by Crippen LogP contribution is -2.19. The lowest BCUT2D eigenvalue weighted by Gasteiger charge is -2.12. The molecule has 4 aromatic carbocycles. The minimum Gasteiger partial charge on any atom is -0.488 e. The zero-order valence-corrected chi connectivity index (χ0v) is 20.4. The number of para-hydroxylation sites is 1. The SMILES string of the molecule is C/C(=N/NC(=O)c1ccc(COc2ccccc2-c2ccccc2)cc1)c1ccc(-n2ccnc2)cc1. The van der Waals surface area contributed by atoms with Crippen LogP contribution in [0.1, 0.15) is 28.4 Å². The number of amides is 1. The molecule has 1 N–H and O–H groups in total. The second-order valence-corrected chi connectivity index (χ2v) is 8.50. The standard InChI is InChI=1S/C31H26N4O2/c1-23(25-15-17-28(18-16-25)35-20-19-32-22-35)33-34-31(36)27-13-11-24(12-14-27)21-37-30-10-6-5-9-29(30)26-7-3-2-4-8-26/h2-20,22H,21H2,1H3,(H,34,36)/b33-23-. The van der Waals surface area contributed by atoms with E-state index in [-0.39, 0.29) is 5.91 Å². The summed E-state index contributed by atoms with van der Waals surface area (Å²) in [5.74, 6) is 0.551. The fourth-order valence-electron chi connectivity index (χ4n) is 3.91. The van der Waals surface area contributed by atoms with Gasteiger partial charge in [-0.25, -0.2) is 10.4 Å². The summed E-state index contributed by atoms with van der Waals surface area (Å²) < 4.78 is 8.04. The summed E-state index contributed by atoms with van der Waals surface area (Å²) in [7, 11) is 0. The van der Waals surface area contributed by atoms with E-state index in [2.05, 4.69) is 33.7 Å². The second kappa shape index (κ2) is 11.2. The average Bonchev–Trinajstić information content (AvgIpc) is 3.51. The van der Waals surface area contributed by atoms with Crippen LogP contribution in [0.2, 0.25) is 0 Å². The van der Waals surface area contributed by atoms with Crippen molar-refractivity contribution in [3.63, 3.8) is 0 Å². The maximum absolute atomic E-state index is 12.6. The van der Waals surface area contributed by atoms with Crippen molar-refractivity contribution >= 4 is 11.6 Å². The molecule has 5 aromatic rings. The molecule has 0 fully saturated rings. The molecule has 0 bridgehead atoms. The van der Waals surface area contributed by atoms with Crippen LogP contribution in [0.15, 0.2) is 127 Å². The molecular weight excluding hydrogens is 460 g/mol. The lowest BCUT2D eigenvalue weighted by atomic mass is 10.0. The van der Waals surface area contributed by atoms with Crippen LogP contribution in [0.3, 0.4) is 0 Å². The van der Waals surface area contributed by atoms with E-state index in [4.69, 9.17) is 4.74 Å². The zero-order valence-electron chi connectivity index (χ0n) is 20.4. The Morgan fingerprint density at radius 1 is 0.865 bits per heavy atom. The second-order valence-electron chi connectivity index (χ2n) is 8.50. The molecule has 1 aromatic heterocycles. The van der Waals surface area contributed by atoms with E-state index < -0.39 is 0 Å². The first kappa shape index (κ1) is 23.8. The molecule has 0 radical (unpaired) electrons. The smallest absolute Gasteiger partial charge is 0.271 e. The van der Waals surface area contributed by atoms with Gasteiger partial charge in [-0.2, -0.15) is 5.10 Å². The molecule has 37 heavy (non-hydrogen) atoms. The summed E-state index contributed by atoms with van der Waals surface area (Å²) in [5.41, 5.74) is 8.94. The molecule has 0 saturated carbocycles. The van der Waals surface area contributed by atoms with E-state index in [0.717, 1.165) is 33.7 Å². The minimum absolute atomic E-state index is 0.267. The summed E-state index contributed by atoms with van der Waals surface area (Å²) in [6.45, 7) is 2.26. The number of benzene rings is 4. The van der Waals surface area contributed by atoms with Crippen molar-refractivity contribution < 1.29 is 9.53 Å². The molecule has 0 atom stereocenters. The fourth-order valence-corrected chi connectivity index (χ4v) is 3.91. The molecule has 6 nitrogen and oxygen atoms in total. The van der Waals surface area contributed by atoms with Gasteiger partial charge in [-0.3, -0.25) is 4.79 Å². The number of carbonyl (C=O) groups is 1. The number of imidazole rings is 1. The van der Waals surface area contributed by atoms with Gasteiger partial charge < -0.3 is 9.30 Å². The molecule has 6 heteroatoms. The Labute approximate surface area is 215 Å². The number of aromatic nitrogens is 2. The number of nitrogens with one attached hydrogen (secondary N) is 1. The van der Waals surface area contributed by atoms with Crippen molar-refractivity contribution in [3.05, 3.63) is 139 Å².